The van der Waals surface area contributed by atoms with Gasteiger partial charge in [0.05, 0.1) is 0 Å². The Morgan fingerprint density at radius 3 is 2.14 bits per heavy atom. The van der Waals surface area contributed by atoms with E-state index >= 15 is 0 Å². The summed E-state index contributed by atoms with van der Waals surface area (Å²) in [4.78, 5) is 9.93. The van der Waals surface area contributed by atoms with Gasteiger partial charge < -0.3 is 0 Å². The monoisotopic (exact) mass is 96.1 g/mol. The van der Waals surface area contributed by atoms with Crippen LogP contribution in [0.2, 0.25) is 0 Å². The second kappa shape index (κ2) is 1.19. The number of aldehydes is 1. The van der Waals surface area contributed by atoms with Gasteiger partial charge in [-0.3, -0.25) is 4.79 Å². The predicted octanol–water partition coefficient (Wildman–Crippen LogP) is 1.15. The van der Waals surface area contributed by atoms with E-state index in [4.69, 9.17) is 0 Å². The molecule has 1 unspecified atom stereocenters. The van der Waals surface area contributed by atoms with E-state index in [1.807, 2.05) is 13.8 Å². The van der Waals surface area contributed by atoms with Gasteiger partial charge in [0.1, 0.15) is 6.29 Å². The van der Waals surface area contributed by atoms with Gasteiger partial charge in [0.15, 0.2) is 0 Å². The number of carbonyl (C=O) groups excluding carboxylic acids is 1. The van der Waals surface area contributed by atoms with E-state index in [2.05, 4.69) is 0 Å². The first kappa shape index (κ1) is 4.57. The van der Waals surface area contributed by atoms with E-state index < -0.39 is 0 Å². The Bertz CT molecular complexity index is 133. The summed E-state index contributed by atoms with van der Waals surface area (Å²) in [5, 5.41) is 0. The highest BCUT2D eigenvalue weighted by atomic mass is 16.1. The van der Waals surface area contributed by atoms with Crippen molar-refractivity contribution in [3.63, 3.8) is 0 Å². The number of hydrogen-bond acceptors (Lipinski definition) is 1. The largest absolute Gasteiger partial charge is 0.298 e. The van der Waals surface area contributed by atoms with E-state index in [1.165, 1.54) is 5.57 Å². The molecule has 1 aliphatic rings. The number of hydrogen-bond donors (Lipinski definition) is 0. The fourth-order valence-electron chi connectivity index (χ4n) is 0.703. The SMILES string of the molecule is CC1=C(C=O)C1C. The van der Waals surface area contributed by atoms with Crippen molar-refractivity contribution in [2.45, 2.75) is 13.8 Å². The summed E-state index contributed by atoms with van der Waals surface area (Å²) in [7, 11) is 0. The van der Waals surface area contributed by atoms with Gasteiger partial charge in [0.25, 0.3) is 0 Å². The average molecular weight is 96.1 g/mol. The maximum Gasteiger partial charge on any atom is 0.146 e. The highest BCUT2D eigenvalue weighted by molar-refractivity contribution is 5.83. The van der Waals surface area contributed by atoms with Gasteiger partial charge in [-0.25, -0.2) is 0 Å². The molecule has 1 aliphatic carbocycles. The van der Waals surface area contributed by atoms with Crippen LogP contribution >= 0.6 is 0 Å². The van der Waals surface area contributed by atoms with E-state index in [1.54, 1.807) is 0 Å². The van der Waals surface area contributed by atoms with E-state index in [0.29, 0.717) is 5.92 Å². The van der Waals surface area contributed by atoms with Crippen LogP contribution in [-0.4, -0.2) is 6.29 Å². The Kier molecular flexibility index (Phi) is 0.775. The summed E-state index contributed by atoms with van der Waals surface area (Å²) in [6, 6.07) is 0. The molecule has 0 N–H and O–H groups in total. The summed E-state index contributed by atoms with van der Waals surface area (Å²) >= 11 is 0. The van der Waals surface area contributed by atoms with Gasteiger partial charge in [-0.05, 0) is 12.5 Å². The first-order valence-corrected chi connectivity index (χ1v) is 2.43. The van der Waals surface area contributed by atoms with Crippen molar-refractivity contribution < 1.29 is 4.79 Å². The van der Waals surface area contributed by atoms with Crippen molar-refractivity contribution in [2.75, 3.05) is 0 Å². The zero-order chi connectivity index (χ0) is 5.44. The minimum absolute atomic E-state index is 0.498. The molecule has 0 fully saturated rings. The van der Waals surface area contributed by atoms with Crippen molar-refractivity contribution in [3.8, 4) is 0 Å². The average Bonchev–Trinajstić information content (AvgIpc) is 2.17. The molecule has 1 rings (SSSR count). The minimum Gasteiger partial charge on any atom is -0.298 e. The van der Waals surface area contributed by atoms with Crippen molar-refractivity contribution in [2.24, 2.45) is 5.92 Å². The topological polar surface area (TPSA) is 17.1 Å². The molecule has 0 aromatic heterocycles. The summed E-state index contributed by atoms with van der Waals surface area (Å²) in [5.41, 5.74) is 2.26. The lowest BCUT2D eigenvalue weighted by Gasteiger charge is -1.72. The predicted molar refractivity (Wildman–Crippen MR) is 27.9 cm³/mol. The van der Waals surface area contributed by atoms with Crippen molar-refractivity contribution >= 4 is 6.29 Å². The molecule has 0 aromatic carbocycles. The van der Waals surface area contributed by atoms with Crippen LogP contribution in [-0.2, 0) is 4.79 Å². The Hall–Kier alpha value is -0.590. The number of allylic oxidation sites excluding steroid dienone is 2. The quantitative estimate of drug-likeness (QED) is 0.447. The maximum atomic E-state index is 9.93. The van der Waals surface area contributed by atoms with Gasteiger partial charge >= 0.3 is 0 Å². The summed E-state index contributed by atoms with van der Waals surface area (Å²) in [5.74, 6) is 0.498. The minimum atomic E-state index is 0.498. The highest BCUT2D eigenvalue weighted by Crippen LogP contribution is 2.35. The zero-order valence-electron chi connectivity index (χ0n) is 4.56. The first-order valence-electron chi connectivity index (χ1n) is 2.43. The Labute approximate surface area is 43.0 Å². The lowest BCUT2D eigenvalue weighted by atomic mass is 10.3. The molecule has 0 saturated heterocycles. The van der Waals surface area contributed by atoms with Gasteiger partial charge in [-0.1, -0.05) is 12.5 Å². The van der Waals surface area contributed by atoms with E-state index in [-0.39, 0.29) is 0 Å². The molecule has 0 aromatic rings. The third-order valence-corrected chi connectivity index (χ3v) is 1.62. The molecular weight excluding hydrogens is 88.1 g/mol. The molecule has 1 heteroatoms. The Balaban J connectivity index is 2.60. The third-order valence-electron chi connectivity index (χ3n) is 1.62. The van der Waals surface area contributed by atoms with Crippen LogP contribution in [0, 0.1) is 5.92 Å². The maximum absolute atomic E-state index is 9.93. The van der Waals surface area contributed by atoms with Crippen LogP contribution in [0.5, 0.6) is 0 Å². The second-order valence-electron chi connectivity index (χ2n) is 1.98. The fourth-order valence-corrected chi connectivity index (χ4v) is 0.703. The number of carbonyl (C=O) groups is 1. The second-order valence-corrected chi connectivity index (χ2v) is 1.98. The van der Waals surface area contributed by atoms with Gasteiger partial charge in [-0.15, -0.1) is 0 Å². The summed E-state index contributed by atoms with van der Waals surface area (Å²) < 4.78 is 0. The van der Waals surface area contributed by atoms with Crippen LogP contribution in [0.4, 0.5) is 0 Å². The van der Waals surface area contributed by atoms with Crippen molar-refractivity contribution in [1.29, 1.82) is 0 Å². The van der Waals surface area contributed by atoms with Gasteiger partial charge in [0.2, 0.25) is 0 Å². The zero-order valence-corrected chi connectivity index (χ0v) is 4.56. The Morgan fingerprint density at radius 2 is 2.14 bits per heavy atom. The van der Waals surface area contributed by atoms with E-state index in [9.17, 15) is 4.79 Å². The lowest BCUT2D eigenvalue weighted by molar-refractivity contribution is -0.104. The molecule has 0 amide bonds. The summed E-state index contributed by atoms with van der Waals surface area (Å²) in [6.07, 6.45) is 0.944. The molecule has 38 valence electrons. The molecule has 0 bridgehead atoms. The van der Waals surface area contributed by atoms with Gasteiger partial charge in [0, 0.05) is 5.92 Å². The van der Waals surface area contributed by atoms with Crippen LogP contribution in [0.1, 0.15) is 13.8 Å². The molecule has 0 saturated carbocycles. The molecule has 0 heterocycles. The van der Waals surface area contributed by atoms with E-state index in [0.717, 1.165) is 11.9 Å². The highest BCUT2D eigenvalue weighted by Gasteiger charge is 2.26. The summed E-state index contributed by atoms with van der Waals surface area (Å²) in [6.45, 7) is 4.04. The van der Waals surface area contributed by atoms with Crippen molar-refractivity contribution in [3.05, 3.63) is 11.1 Å². The molecular formula is C6H8O. The first-order chi connectivity index (χ1) is 3.27. The lowest BCUT2D eigenvalue weighted by Crippen LogP contribution is -1.69. The molecule has 0 radical (unpaired) electrons. The molecule has 0 aliphatic heterocycles. The molecule has 1 nitrogen and oxygen atoms in total. The van der Waals surface area contributed by atoms with Crippen LogP contribution in [0.25, 0.3) is 0 Å². The molecule has 1 atom stereocenters. The smallest absolute Gasteiger partial charge is 0.146 e. The molecule has 0 spiro atoms. The standard InChI is InChI=1S/C6H8O/c1-4-5(2)6(4)3-7/h3-4H,1-2H3. The van der Waals surface area contributed by atoms with Crippen LogP contribution < -0.4 is 0 Å². The van der Waals surface area contributed by atoms with Crippen molar-refractivity contribution in [1.82, 2.24) is 0 Å². The fraction of sp³-hybridized carbons (Fsp3) is 0.500. The van der Waals surface area contributed by atoms with Crippen LogP contribution in [0.15, 0.2) is 11.1 Å². The Morgan fingerprint density at radius 1 is 1.71 bits per heavy atom. The van der Waals surface area contributed by atoms with Gasteiger partial charge in [-0.2, -0.15) is 0 Å². The normalized spacial score (nSPS) is 28.0. The number of rotatable bonds is 1. The third kappa shape index (κ3) is 0.483. The van der Waals surface area contributed by atoms with Crippen LogP contribution in [0.3, 0.4) is 0 Å². The molecule has 7 heavy (non-hydrogen) atoms.